The standard InChI is InChI=1S/C10H6BrF2NO2S2/c11-7-3-4-17-10(7)18(15,16)14-6-1-2-8(12)9(13)5-6/h1-5,14H. The van der Waals surface area contributed by atoms with Crippen molar-refractivity contribution in [2.75, 3.05) is 4.72 Å². The lowest BCUT2D eigenvalue weighted by Crippen LogP contribution is -2.12. The van der Waals surface area contributed by atoms with Gasteiger partial charge < -0.3 is 0 Å². The minimum Gasteiger partial charge on any atom is -0.279 e. The molecule has 0 fully saturated rings. The fraction of sp³-hybridized carbons (Fsp3) is 0. The van der Waals surface area contributed by atoms with E-state index in [-0.39, 0.29) is 9.90 Å². The molecular weight excluding hydrogens is 348 g/mol. The summed E-state index contributed by atoms with van der Waals surface area (Å²) in [5.74, 6) is -2.14. The van der Waals surface area contributed by atoms with E-state index in [1.165, 1.54) is 0 Å². The Kier molecular flexibility index (Phi) is 3.69. The molecule has 0 unspecified atom stereocenters. The van der Waals surface area contributed by atoms with Gasteiger partial charge in [0.2, 0.25) is 0 Å². The number of thiophene rings is 1. The number of hydrogen-bond donors (Lipinski definition) is 1. The highest BCUT2D eigenvalue weighted by Gasteiger charge is 2.19. The second-order valence-electron chi connectivity index (χ2n) is 3.29. The number of anilines is 1. The predicted octanol–water partition coefficient (Wildman–Crippen LogP) is 3.59. The van der Waals surface area contributed by atoms with E-state index in [0.717, 1.165) is 29.5 Å². The third kappa shape index (κ3) is 2.70. The van der Waals surface area contributed by atoms with Crippen molar-refractivity contribution in [3.05, 3.63) is 45.8 Å². The minimum absolute atomic E-state index is 0.0331. The third-order valence-corrected chi connectivity index (χ3v) is 6.05. The number of rotatable bonds is 3. The van der Waals surface area contributed by atoms with Crippen LogP contribution in [0.1, 0.15) is 0 Å². The quantitative estimate of drug-likeness (QED) is 0.916. The number of sulfonamides is 1. The first-order valence-electron chi connectivity index (χ1n) is 4.61. The van der Waals surface area contributed by atoms with Crippen LogP contribution in [0.15, 0.2) is 38.3 Å². The number of nitrogens with one attached hydrogen (secondary N) is 1. The molecule has 2 aromatic rings. The van der Waals surface area contributed by atoms with Gasteiger partial charge in [0, 0.05) is 10.5 Å². The molecule has 96 valence electrons. The minimum atomic E-state index is -3.80. The van der Waals surface area contributed by atoms with Crippen molar-refractivity contribution in [3.8, 4) is 0 Å². The summed E-state index contributed by atoms with van der Waals surface area (Å²) in [5, 5.41) is 1.60. The molecule has 8 heteroatoms. The van der Waals surface area contributed by atoms with Gasteiger partial charge in [0.15, 0.2) is 15.8 Å². The average Bonchev–Trinajstić information content (AvgIpc) is 2.70. The van der Waals surface area contributed by atoms with Gasteiger partial charge in [0.1, 0.15) is 0 Å². The molecule has 0 atom stereocenters. The highest BCUT2D eigenvalue weighted by molar-refractivity contribution is 9.10. The van der Waals surface area contributed by atoms with E-state index in [0.29, 0.717) is 4.47 Å². The first-order valence-corrected chi connectivity index (χ1v) is 7.76. The van der Waals surface area contributed by atoms with E-state index in [1.54, 1.807) is 11.4 Å². The Labute approximate surface area is 115 Å². The zero-order valence-electron chi connectivity index (χ0n) is 8.65. The summed E-state index contributed by atoms with van der Waals surface area (Å²) in [6, 6.07) is 4.38. The molecule has 0 aliphatic heterocycles. The largest absolute Gasteiger partial charge is 0.279 e. The van der Waals surface area contributed by atoms with Crippen molar-refractivity contribution >= 4 is 43.0 Å². The van der Waals surface area contributed by atoms with Crippen LogP contribution in [0.4, 0.5) is 14.5 Å². The number of halogens is 3. The second-order valence-corrected chi connectivity index (χ2v) is 6.94. The molecule has 1 aromatic carbocycles. The first-order chi connectivity index (χ1) is 8.40. The van der Waals surface area contributed by atoms with Crippen LogP contribution in [0.25, 0.3) is 0 Å². The van der Waals surface area contributed by atoms with Crippen molar-refractivity contribution in [1.29, 1.82) is 0 Å². The van der Waals surface area contributed by atoms with E-state index in [4.69, 9.17) is 0 Å². The summed E-state index contributed by atoms with van der Waals surface area (Å²) in [6.07, 6.45) is 0. The molecule has 0 saturated carbocycles. The Morgan fingerprint density at radius 1 is 1.17 bits per heavy atom. The van der Waals surface area contributed by atoms with Gasteiger partial charge in [-0.1, -0.05) is 0 Å². The molecule has 1 heterocycles. The summed E-state index contributed by atoms with van der Waals surface area (Å²) in [6.45, 7) is 0. The zero-order valence-corrected chi connectivity index (χ0v) is 11.9. The maximum Gasteiger partial charge on any atom is 0.272 e. The van der Waals surface area contributed by atoms with Gasteiger partial charge in [0.05, 0.1) is 5.69 Å². The third-order valence-electron chi connectivity index (χ3n) is 2.00. The predicted molar refractivity (Wildman–Crippen MR) is 69.2 cm³/mol. The van der Waals surface area contributed by atoms with E-state index in [2.05, 4.69) is 20.7 Å². The molecular formula is C10H6BrF2NO2S2. The maximum absolute atomic E-state index is 13.0. The molecule has 0 spiro atoms. The Morgan fingerprint density at radius 3 is 2.44 bits per heavy atom. The van der Waals surface area contributed by atoms with Crippen molar-refractivity contribution in [2.45, 2.75) is 4.21 Å². The average molecular weight is 354 g/mol. The normalized spacial score (nSPS) is 11.5. The molecule has 0 radical (unpaired) electrons. The lowest BCUT2D eigenvalue weighted by Gasteiger charge is -2.07. The molecule has 0 aliphatic rings. The van der Waals surface area contributed by atoms with Crippen LogP contribution in [-0.4, -0.2) is 8.42 Å². The number of benzene rings is 1. The van der Waals surface area contributed by atoms with Gasteiger partial charge in [-0.15, -0.1) is 11.3 Å². The van der Waals surface area contributed by atoms with Crippen molar-refractivity contribution in [3.63, 3.8) is 0 Å². The summed E-state index contributed by atoms with van der Waals surface area (Å²) in [7, 11) is -3.80. The molecule has 1 N–H and O–H groups in total. The Morgan fingerprint density at radius 2 is 1.89 bits per heavy atom. The van der Waals surface area contributed by atoms with E-state index >= 15 is 0 Å². The Bertz CT molecular complexity index is 685. The highest BCUT2D eigenvalue weighted by Crippen LogP contribution is 2.29. The first kappa shape index (κ1) is 13.4. The van der Waals surface area contributed by atoms with Gasteiger partial charge in [-0.3, -0.25) is 4.72 Å². The van der Waals surface area contributed by atoms with Gasteiger partial charge in [-0.25, -0.2) is 17.2 Å². The van der Waals surface area contributed by atoms with Crippen LogP contribution < -0.4 is 4.72 Å². The van der Waals surface area contributed by atoms with Crippen molar-refractivity contribution in [2.24, 2.45) is 0 Å². The molecule has 3 nitrogen and oxygen atoms in total. The van der Waals surface area contributed by atoms with E-state index in [9.17, 15) is 17.2 Å². The van der Waals surface area contributed by atoms with Crippen LogP contribution >= 0.6 is 27.3 Å². The SMILES string of the molecule is O=S(=O)(Nc1ccc(F)c(F)c1)c1sccc1Br. The summed E-state index contributed by atoms with van der Waals surface area (Å²) < 4.78 is 52.2. The smallest absolute Gasteiger partial charge is 0.272 e. The lowest BCUT2D eigenvalue weighted by atomic mass is 10.3. The van der Waals surface area contributed by atoms with Crippen molar-refractivity contribution < 1.29 is 17.2 Å². The lowest BCUT2D eigenvalue weighted by molar-refractivity contribution is 0.509. The van der Waals surface area contributed by atoms with Gasteiger partial charge in [-0.2, -0.15) is 0 Å². The summed E-state index contributed by atoms with van der Waals surface area (Å²) >= 11 is 4.12. The van der Waals surface area contributed by atoms with Crippen molar-refractivity contribution in [1.82, 2.24) is 0 Å². The summed E-state index contributed by atoms with van der Waals surface area (Å²) in [4.78, 5) is 0. The fourth-order valence-electron chi connectivity index (χ4n) is 1.23. The van der Waals surface area contributed by atoms with Gasteiger partial charge in [0.25, 0.3) is 10.0 Å². The fourth-order valence-corrected chi connectivity index (χ4v) is 4.62. The number of hydrogen-bond acceptors (Lipinski definition) is 3. The van der Waals surface area contributed by atoms with E-state index in [1.807, 2.05) is 0 Å². The van der Waals surface area contributed by atoms with Crippen LogP contribution in [0.5, 0.6) is 0 Å². The molecule has 1 aromatic heterocycles. The Hall–Kier alpha value is -0.990. The highest BCUT2D eigenvalue weighted by atomic mass is 79.9. The Balaban J connectivity index is 2.34. The molecule has 18 heavy (non-hydrogen) atoms. The molecule has 0 amide bonds. The second kappa shape index (κ2) is 4.94. The molecule has 2 rings (SSSR count). The van der Waals surface area contributed by atoms with Gasteiger partial charge in [-0.05, 0) is 39.5 Å². The van der Waals surface area contributed by atoms with Crippen LogP contribution in [0.2, 0.25) is 0 Å². The topological polar surface area (TPSA) is 46.2 Å². The maximum atomic E-state index is 13.0. The van der Waals surface area contributed by atoms with Gasteiger partial charge >= 0.3 is 0 Å². The summed E-state index contributed by atoms with van der Waals surface area (Å²) in [5.41, 5.74) is -0.0331. The van der Waals surface area contributed by atoms with Crippen LogP contribution in [0.3, 0.4) is 0 Å². The molecule has 0 saturated heterocycles. The van der Waals surface area contributed by atoms with Crippen LogP contribution in [0, 0.1) is 11.6 Å². The monoisotopic (exact) mass is 353 g/mol. The molecule has 0 aliphatic carbocycles. The zero-order chi connectivity index (χ0) is 13.3. The van der Waals surface area contributed by atoms with E-state index < -0.39 is 21.7 Å². The molecule has 0 bridgehead atoms. The van der Waals surface area contributed by atoms with Crippen LogP contribution in [-0.2, 0) is 10.0 Å².